The van der Waals surface area contributed by atoms with Gasteiger partial charge in [0, 0.05) is 4.47 Å². The molecular weight excluding hydrogens is 334 g/mol. The van der Waals surface area contributed by atoms with Gasteiger partial charge in [0.15, 0.2) is 6.73 Å². The molecule has 0 bridgehead atoms. The number of nitrogens with zero attached hydrogens (tertiary/aromatic N) is 1. The zero-order valence-corrected chi connectivity index (χ0v) is 14.6. The van der Waals surface area contributed by atoms with Gasteiger partial charge in [-0.1, -0.05) is 15.9 Å². The maximum absolute atomic E-state index is 12.6. The van der Waals surface area contributed by atoms with E-state index in [0.29, 0.717) is 0 Å². The maximum Gasteiger partial charge on any atom is 0.312 e. The molecule has 21 heavy (non-hydrogen) atoms. The molecule has 1 aliphatic rings. The van der Waals surface area contributed by atoms with Gasteiger partial charge < -0.3 is 4.74 Å². The highest BCUT2D eigenvalue weighted by molar-refractivity contribution is 9.10. The number of carbonyl (C=O) groups is 2. The second-order valence-corrected chi connectivity index (χ2v) is 7.75. The fraction of sp³-hybridized carbons (Fsp3) is 0.500. The Balaban J connectivity index is 2.27. The molecule has 1 amide bonds. The number of esters is 1. The molecule has 0 unspecified atom stereocenters. The Kier molecular flexibility index (Phi) is 3.91. The number of fused-ring (bicyclic) bond motifs is 1. The van der Waals surface area contributed by atoms with Crippen LogP contribution in [0.1, 0.15) is 40.2 Å². The number of benzene rings is 1. The molecule has 114 valence electrons. The van der Waals surface area contributed by atoms with E-state index in [4.69, 9.17) is 4.74 Å². The third kappa shape index (κ3) is 2.84. The molecule has 0 aromatic heterocycles. The fourth-order valence-corrected chi connectivity index (χ4v) is 2.64. The summed E-state index contributed by atoms with van der Waals surface area (Å²) in [5.74, 6) is -0.379. The van der Waals surface area contributed by atoms with Gasteiger partial charge in [-0.3, -0.25) is 14.5 Å². The second-order valence-electron chi connectivity index (χ2n) is 6.83. The number of amides is 1. The first-order valence-corrected chi connectivity index (χ1v) is 7.63. The van der Waals surface area contributed by atoms with E-state index >= 15 is 0 Å². The molecule has 1 aliphatic heterocycles. The number of ether oxygens (including phenoxy) is 1. The summed E-state index contributed by atoms with van der Waals surface area (Å²) in [6.45, 7) is 9.08. The summed E-state index contributed by atoms with van der Waals surface area (Å²) in [4.78, 5) is 26.0. The molecule has 0 atom stereocenters. The van der Waals surface area contributed by atoms with Gasteiger partial charge in [0.1, 0.15) is 0 Å². The maximum atomic E-state index is 12.6. The molecule has 0 N–H and O–H groups in total. The largest absolute Gasteiger partial charge is 0.443 e. The van der Waals surface area contributed by atoms with E-state index in [2.05, 4.69) is 15.9 Å². The molecule has 0 saturated carbocycles. The van der Waals surface area contributed by atoms with Crippen LogP contribution in [-0.4, -0.2) is 18.6 Å². The zero-order valence-electron chi connectivity index (χ0n) is 13.0. The molecule has 1 heterocycles. The van der Waals surface area contributed by atoms with Gasteiger partial charge in [-0.25, -0.2) is 0 Å². The summed E-state index contributed by atoms with van der Waals surface area (Å²) in [5.41, 5.74) is 0.539. The molecule has 1 aromatic rings. The zero-order chi connectivity index (χ0) is 16.0. The van der Waals surface area contributed by atoms with E-state index in [1.807, 2.05) is 32.0 Å². The van der Waals surface area contributed by atoms with Gasteiger partial charge >= 0.3 is 5.97 Å². The van der Waals surface area contributed by atoms with Crippen LogP contribution in [0.25, 0.3) is 0 Å². The lowest BCUT2D eigenvalue weighted by molar-refractivity contribution is -0.153. The minimum atomic E-state index is -0.618. The first-order chi connectivity index (χ1) is 9.55. The highest BCUT2D eigenvalue weighted by Gasteiger charge is 2.44. The van der Waals surface area contributed by atoms with Crippen molar-refractivity contribution in [2.24, 2.45) is 5.41 Å². The van der Waals surface area contributed by atoms with Crippen molar-refractivity contribution in [1.29, 1.82) is 0 Å². The van der Waals surface area contributed by atoms with Crippen molar-refractivity contribution in [3.05, 3.63) is 28.2 Å². The third-order valence-electron chi connectivity index (χ3n) is 3.64. The van der Waals surface area contributed by atoms with Gasteiger partial charge in [0.2, 0.25) is 5.91 Å². The van der Waals surface area contributed by atoms with Crippen LogP contribution in [0.5, 0.6) is 0 Å². The molecule has 1 aromatic carbocycles. The van der Waals surface area contributed by atoms with Crippen molar-refractivity contribution in [3.8, 4) is 0 Å². The third-order valence-corrected chi connectivity index (χ3v) is 4.13. The molecule has 4 nitrogen and oxygen atoms in total. The van der Waals surface area contributed by atoms with E-state index in [-0.39, 0.29) is 18.6 Å². The van der Waals surface area contributed by atoms with Crippen LogP contribution >= 0.6 is 15.9 Å². The average molecular weight is 354 g/mol. The minimum absolute atomic E-state index is 0.0486. The number of rotatable bonds is 2. The van der Waals surface area contributed by atoms with Gasteiger partial charge in [0.05, 0.1) is 16.5 Å². The summed E-state index contributed by atoms with van der Waals surface area (Å²) in [6, 6.07) is 5.70. The highest BCUT2D eigenvalue weighted by atomic mass is 79.9. The van der Waals surface area contributed by atoms with E-state index in [1.54, 1.807) is 20.8 Å². The predicted octanol–water partition coefficient (Wildman–Crippen LogP) is 3.62. The molecule has 0 aliphatic carbocycles. The Morgan fingerprint density at radius 3 is 2.52 bits per heavy atom. The molecule has 0 saturated heterocycles. The smallest absolute Gasteiger partial charge is 0.312 e. The summed E-state index contributed by atoms with van der Waals surface area (Å²) in [5, 5.41) is 0. The van der Waals surface area contributed by atoms with Crippen LogP contribution in [0.3, 0.4) is 0 Å². The lowest BCUT2D eigenvalue weighted by Crippen LogP contribution is -2.39. The van der Waals surface area contributed by atoms with E-state index < -0.39 is 10.8 Å². The van der Waals surface area contributed by atoms with Crippen LogP contribution in [-0.2, 0) is 19.7 Å². The Morgan fingerprint density at radius 1 is 1.33 bits per heavy atom. The number of carbonyl (C=O) groups excluding carboxylic acids is 2. The van der Waals surface area contributed by atoms with Crippen molar-refractivity contribution in [2.45, 2.75) is 40.0 Å². The van der Waals surface area contributed by atoms with Gasteiger partial charge in [-0.15, -0.1) is 0 Å². The van der Waals surface area contributed by atoms with Crippen molar-refractivity contribution in [1.82, 2.24) is 0 Å². The van der Waals surface area contributed by atoms with Crippen molar-refractivity contribution in [2.75, 3.05) is 11.6 Å². The second kappa shape index (κ2) is 5.13. The standard InChI is InChI=1S/C16H20BrNO3/c1-15(2,3)14(20)21-9-18-12-7-6-10(17)8-11(12)16(4,5)13(18)19/h6-8H,9H2,1-5H3. The van der Waals surface area contributed by atoms with E-state index in [0.717, 1.165) is 15.7 Å². The molecule has 5 heteroatoms. The summed E-state index contributed by atoms with van der Waals surface area (Å²) < 4.78 is 6.22. The quantitative estimate of drug-likeness (QED) is 0.762. The number of hydrogen-bond acceptors (Lipinski definition) is 3. The number of anilines is 1. The Labute approximate surface area is 133 Å². The molecule has 0 fully saturated rings. The minimum Gasteiger partial charge on any atom is -0.443 e. The molecule has 0 spiro atoms. The van der Waals surface area contributed by atoms with Crippen LogP contribution < -0.4 is 4.90 Å². The highest BCUT2D eigenvalue weighted by Crippen LogP contribution is 2.42. The Hall–Kier alpha value is -1.36. The number of halogens is 1. The van der Waals surface area contributed by atoms with Crippen molar-refractivity contribution < 1.29 is 14.3 Å². The Bertz CT molecular complexity index is 602. The van der Waals surface area contributed by atoms with Crippen LogP contribution in [0.2, 0.25) is 0 Å². The lowest BCUT2D eigenvalue weighted by atomic mass is 9.86. The summed E-state index contributed by atoms with van der Waals surface area (Å²) >= 11 is 3.43. The Morgan fingerprint density at radius 2 is 1.95 bits per heavy atom. The van der Waals surface area contributed by atoms with Gasteiger partial charge in [0.25, 0.3) is 0 Å². The predicted molar refractivity (Wildman–Crippen MR) is 85.1 cm³/mol. The van der Waals surface area contributed by atoms with Gasteiger partial charge in [-0.2, -0.15) is 0 Å². The number of hydrogen-bond donors (Lipinski definition) is 0. The van der Waals surface area contributed by atoms with Crippen molar-refractivity contribution >= 4 is 33.5 Å². The fourth-order valence-electron chi connectivity index (χ4n) is 2.27. The average Bonchev–Trinajstić information content (AvgIpc) is 2.55. The molecule has 0 radical (unpaired) electrons. The topological polar surface area (TPSA) is 46.6 Å². The first kappa shape index (κ1) is 16.0. The SMILES string of the molecule is CC(C)(C)C(=O)OCN1C(=O)C(C)(C)c2cc(Br)ccc21. The summed E-state index contributed by atoms with van der Waals surface area (Å²) in [7, 11) is 0. The molecule has 2 rings (SSSR count). The van der Waals surface area contributed by atoms with Gasteiger partial charge in [-0.05, 0) is 58.4 Å². The van der Waals surface area contributed by atoms with Crippen LogP contribution in [0.15, 0.2) is 22.7 Å². The van der Waals surface area contributed by atoms with E-state index in [1.165, 1.54) is 4.90 Å². The lowest BCUT2D eigenvalue weighted by Gasteiger charge is -2.23. The molecular formula is C16H20BrNO3. The normalized spacial score (nSPS) is 16.9. The van der Waals surface area contributed by atoms with E-state index in [9.17, 15) is 9.59 Å². The van der Waals surface area contributed by atoms with Crippen molar-refractivity contribution in [3.63, 3.8) is 0 Å². The summed E-state index contributed by atoms with van der Waals surface area (Å²) in [6.07, 6.45) is 0. The monoisotopic (exact) mass is 353 g/mol. The van der Waals surface area contributed by atoms with Crippen LogP contribution in [0.4, 0.5) is 5.69 Å². The first-order valence-electron chi connectivity index (χ1n) is 6.84. The van der Waals surface area contributed by atoms with Crippen LogP contribution in [0, 0.1) is 5.41 Å².